The molecule has 0 amide bonds. The van der Waals surface area contributed by atoms with Crippen LogP contribution in [0.5, 0.6) is 0 Å². The lowest BCUT2D eigenvalue weighted by molar-refractivity contribution is 0.590. The molecule has 46 heavy (non-hydrogen) atoms. The monoisotopic (exact) mass is 588 g/mol. The third kappa shape index (κ3) is 4.33. The van der Waals surface area contributed by atoms with Gasteiger partial charge in [0, 0.05) is 38.8 Å². The number of hydrogen-bond acceptors (Lipinski definition) is 3. The summed E-state index contributed by atoms with van der Waals surface area (Å²) in [5, 5.41) is 2.33. The van der Waals surface area contributed by atoms with Crippen LogP contribution in [0.2, 0.25) is 0 Å². The zero-order valence-electron chi connectivity index (χ0n) is 25.0. The summed E-state index contributed by atoms with van der Waals surface area (Å²) in [6.45, 7) is 0. The summed E-state index contributed by atoms with van der Waals surface area (Å²) >= 11 is 0. The first-order valence-corrected chi connectivity index (χ1v) is 15.6. The average Bonchev–Trinajstić information content (AvgIpc) is 3.70. The molecular formula is C43H28N2O. The summed E-state index contributed by atoms with van der Waals surface area (Å²) in [7, 11) is 0. The lowest BCUT2D eigenvalue weighted by Crippen LogP contribution is -2.10. The van der Waals surface area contributed by atoms with Crippen molar-refractivity contribution in [2.24, 2.45) is 0 Å². The van der Waals surface area contributed by atoms with Crippen LogP contribution in [0.15, 0.2) is 174 Å². The van der Waals surface area contributed by atoms with E-state index >= 15 is 0 Å². The third-order valence-corrected chi connectivity index (χ3v) is 8.87. The Labute approximate surface area is 267 Å². The molecule has 0 N–H and O–H groups in total. The highest BCUT2D eigenvalue weighted by molar-refractivity contribution is 6.17. The van der Waals surface area contributed by atoms with Gasteiger partial charge < -0.3 is 9.32 Å². The highest BCUT2D eigenvalue weighted by Gasteiger charge is 2.30. The van der Waals surface area contributed by atoms with Crippen molar-refractivity contribution in [2.45, 2.75) is 0 Å². The summed E-state index contributed by atoms with van der Waals surface area (Å²) in [5.41, 5.74) is 12.1. The van der Waals surface area contributed by atoms with Gasteiger partial charge in [-0.25, -0.2) is 4.98 Å². The van der Waals surface area contributed by atoms with E-state index in [1.165, 1.54) is 27.6 Å². The van der Waals surface area contributed by atoms with Crippen LogP contribution in [0.3, 0.4) is 0 Å². The van der Waals surface area contributed by atoms with Crippen molar-refractivity contribution >= 4 is 27.8 Å². The Kier molecular flexibility index (Phi) is 6.14. The lowest BCUT2D eigenvalue weighted by atomic mass is 10.00. The number of fused-ring (bicyclic) bond motifs is 3. The normalized spacial score (nSPS) is 11.5. The van der Waals surface area contributed by atoms with Crippen molar-refractivity contribution < 1.29 is 4.42 Å². The molecule has 1 aliphatic rings. The number of nitrogens with zero attached hydrogens (tertiary/aromatic N) is 2. The topological polar surface area (TPSA) is 29.3 Å². The van der Waals surface area contributed by atoms with Gasteiger partial charge in [0.1, 0.15) is 5.69 Å². The Hall–Kier alpha value is -6.19. The number of oxazole rings is 1. The number of anilines is 3. The van der Waals surface area contributed by atoms with Crippen LogP contribution in [-0.4, -0.2) is 4.98 Å². The molecule has 3 nitrogen and oxygen atoms in total. The fraction of sp³-hybridized carbons (Fsp3) is 0. The molecule has 0 saturated carbocycles. The molecule has 1 aromatic heterocycles. The van der Waals surface area contributed by atoms with E-state index in [9.17, 15) is 0 Å². The molecule has 0 radical (unpaired) electrons. The molecular weight excluding hydrogens is 560 g/mol. The zero-order valence-corrected chi connectivity index (χ0v) is 25.0. The molecule has 0 unspecified atom stereocenters. The van der Waals surface area contributed by atoms with Gasteiger partial charge in [0.2, 0.25) is 5.89 Å². The first-order valence-electron chi connectivity index (χ1n) is 15.6. The van der Waals surface area contributed by atoms with Gasteiger partial charge in [0.15, 0.2) is 5.76 Å². The van der Waals surface area contributed by atoms with Crippen LogP contribution in [-0.2, 0) is 0 Å². The van der Waals surface area contributed by atoms with E-state index < -0.39 is 0 Å². The third-order valence-electron chi connectivity index (χ3n) is 8.87. The van der Waals surface area contributed by atoms with Crippen molar-refractivity contribution in [2.75, 3.05) is 4.90 Å². The maximum atomic E-state index is 6.44. The van der Waals surface area contributed by atoms with Gasteiger partial charge in [-0.15, -0.1) is 0 Å². The van der Waals surface area contributed by atoms with Crippen LogP contribution in [0.4, 0.5) is 17.1 Å². The molecule has 0 spiro atoms. The molecule has 0 aliphatic heterocycles. The first-order chi connectivity index (χ1) is 22.8. The van der Waals surface area contributed by atoms with Crippen molar-refractivity contribution in [3.8, 4) is 56.3 Å². The number of rotatable bonds is 6. The molecule has 7 aromatic carbocycles. The Morgan fingerprint density at radius 3 is 1.50 bits per heavy atom. The van der Waals surface area contributed by atoms with E-state index in [1.807, 2.05) is 30.3 Å². The SMILES string of the molecule is c1ccc(-c2ccc(N(c3ccc(-c4ccccc4)cc3)c3ccc4c5c(cccc35)-c3nc(-c5ccccc5)oc3-4)cc2)cc1. The Balaban J connectivity index is 1.19. The largest absolute Gasteiger partial charge is 0.435 e. The Morgan fingerprint density at radius 1 is 0.413 bits per heavy atom. The summed E-state index contributed by atoms with van der Waals surface area (Å²) in [6.07, 6.45) is 0. The molecule has 9 rings (SSSR count). The van der Waals surface area contributed by atoms with Gasteiger partial charge in [0.05, 0.1) is 5.69 Å². The molecule has 0 saturated heterocycles. The average molecular weight is 589 g/mol. The van der Waals surface area contributed by atoms with Crippen LogP contribution in [0, 0.1) is 0 Å². The Bertz CT molecular complexity index is 2210. The highest BCUT2D eigenvalue weighted by Crippen LogP contribution is 2.52. The minimum Gasteiger partial charge on any atom is -0.435 e. The van der Waals surface area contributed by atoms with E-state index in [-0.39, 0.29) is 0 Å². The van der Waals surface area contributed by atoms with Crippen LogP contribution in [0.25, 0.3) is 67.1 Å². The quantitative estimate of drug-likeness (QED) is 0.193. The zero-order chi connectivity index (χ0) is 30.5. The van der Waals surface area contributed by atoms with Crippen LogP contribution in [0.1, 0.15) is 0 Å². The van der Waals surface area contributed by atoms with Gasteiger partial charge in [-0.3, -0.25) is 0 Å². The van der Waals surface area contributed by atoms with Gasteiger partial charge in [-0.05, 0) is 70.8 Å². The van der Waals surface area contributed by atoms with E-state index in [0.29, 0.717) is 5.89 Å². The predicted octanol–water partition coefficient (Wildman–Crippen LogP) is 11.9. The molecule has 8 aromatic rings. The first kappa shape index (κ1) is 26.2. The maximum absolute atomic E-state index is 6.44. The van der Waals surface area contributed by atoms with Crippen molar-refractivity contribution in [1.29, 1.82) is 0 Å². The van der Waals surface area contributed by atoms with Crippen molar-refractivity contribution in [3.63, 3.8) is 0 Å². The van der Waals surface area contributed by atoms with E-state index in [1.54, 1.807) is 0 Å². The van der Waals surface area contributed by atoms with Crippen LogP contribution >= 0.6 is 0 Å². The molecule has 0 bridgehead atoms. The van der Waals surface area contributed by atoms with Crippen LogP contribution < -0.4 is 4.90 Å². The molecule has 0 fully saturated rings. The lowest BCUT2D eigenvalue weighted by Gasteiger charge is -2.27. The summed E-state index contributed by atoms with van der Waals surface area (Å²) in [6, 6.07) is 59.8. The molecule has 216 valence electrons. The fourth-order valence-corrected chi connectivity index (χ4v) is 6.66. The molecule has 0 atom stereocenters. The summed E-state index contributed by atoms with van der Waals surface area (Å²) in [4.78, 5) is 7.34. The predicted molar refractivity (Wildman–Crippen MR) is 189 cm³/mol. The van der Waals surface area contributed by atoms with Crippen molar-refractivity contribution in [3.05, 3.63) is 170 Å². The van der Waals surface area contributed by atoms with E-state index in [2.05, 4.69) is 144 Å². The smallest absolute Gasteiger partial charge is 0.227 e. The van der Waals surface area contributed by atoms with E-state index in [4.69, 9.17) is 9.40 Å². The molecule has 1 aliphatic carbocycles. The van der Waals surface area contributed by atoms with Gasteiger partial charge in [0.25, 0.3) is 0 Å². The van der Waals surface area contributed by atoms with Gasteiger partial charge in [-0.2, -0.15) is 0 Å². The molecule has 1 heterocycles. The second-order valence-electron chi connectivity index (χ2n) is 11.6. The van der Waals surface area contributed by atoms with Gasteiger partial charge in [-0.1, -0.05) is 121 Å². The fourth-order valence-electron chi connectivity index (χ4n) is 6.66. The second-order valence-corrected chi connectivity index (χ2v) is 11.6. The highest BCUT2D eigenvalue weighted by atomic mass is 16.4. The van der Waals surface area contributed by atoms with Gasteiger partial charge >= 0.3 is 0 Å². The number of hydrogen-bond donors (Lipinski definition) is 0. The van der Waals surface area contributed by atoms with Crippen molar-refractivity contribution in [1.82, 2.24) is 4.98 Å². The molecule has 3 heteroatoms. The minimum absolute atomic E-state index is 0.649. The number of aromatic nitrogens is 1. The maximum Gasteiger partial charge on any atom is 0.227 e. The summed E-state index contributed by atoms with van der Waals surface area (Å²) in [5.74, 6) is 1.48. The second kappa shape index (κ2) is 10.8. The number of benzene rings is 7. The minimum atomic E-state index is 0.649. The van der Waals surface area contributed by atoms with E-state index in [0.717, 1.165) is 50.6 Å². The standard InChI is InChI=1S/C43H28N2O/c1-4-11-29(12-5-1)31-19-23-34(24-20-31)45(35-25-21-32(22-26-35)30-13-6-2-7-14-30)39-28-27-38-40-36(39)17-10-18-37(40)41-42(38)46-43(44-41)33-15-8-3-9-16-33/h1-28H. The summed E-state index contributed by atoms with van der Waals surface area (Å²) < 4.78 is 6.44. The Morgan fingerprint density at radius 2 is 0.935 bits per heavy atom.